The molecular weight excluding hydrogens is 278 g/mol. The molecule has 0 heterocycles. The largest absolute Gasteiger partial charge is 0.385 e. The molecule has 2 nitrogen and oxygen atoms in total. The maximum Gasteiger partial charge on any atom is 0.0490 e. The van der Waals surface area contributed by atoms with Gasteiger partial charge in [0.25, 0.3) is 0 Å². The first-order valence-electron chi connectivity index (χ1n) is 7.29. The molecule has 0 saturated carbocycles. The van der Waals surface area contributed by atoms with E-state index < -0.39 is 0 Å². The van der Waals surface area contributed by atoms with Crippen molar-refractivity contribution in [3.63, 3.8) is 0 Å². The van der Waals surface area contributed by atoms with Crippen LogP contribution in [-0.2, 0) is 4.74 Å². The highest BCUT2D eigenvalue weighted by Gasteiger charge is 2.21. The molecule has 0 aliphatic carbocycles. The third-order valence-corrected chi connectivity index (χ3v) is 4.88. The van der Waals surface area contributed by atoms with Gasteiger partial charge in [0.1, 0.15) is 0 Å². The van der Waals surface area contributed by atoms with Crippen molar-refractivity contribution in [1.29, 1.82) is 0 Å². The zero-order chi connectivity index (χ0) is 14.9. The fraction of sp³-hybridized carbons (Fsp3) is 0.333. The summed E-state index contributed by atoms with van der Waals surface area (Å²) in [6.07, 6.45) is 1.05. The molecule has 0 aliphatic rings. The highest BCUT2D eigenvalue weighted by atomic mass is 32.2. The number of thioether (sulfide) groups is 1. The lowest BCUT2D eigenvalue weighted by atomic mass is 9.99. The van der Waals surface area contributed by atoms with Gasteiger partial charge in [0, 0.05) is 25.0 Å². The van der Waals surface area contributed by atoms with Gasteiger partial charge in [-0.2, -0.15) is 11.8 Å². The molecule has 0 aromatic heterocycles. The summed E-state index contributed by atoms with van der Waals surface area (Å²) in [4.78, 5) is 0. The van der Waals surface area contributed by atoms with Crippen LogP contribution in [0.25, 0.3) is 0 Å². The quantitative estimate of drug-likeness (QED) is 0.742. The Kier molecular flexibility index (Phi) is 6.80. The van der Waals surface area contributed by atoms with E-state index in [0.717, 1.165) is 18.8 Å². The minimum Gasteiger partial charge on any atom is -0.385 e. The second-order valence-corrected chi connectivity index (χ2v) is 6.23. The van der Waals surface area contributed by atoms with Gasteiger partial charge in [-0.05, 0) is 23.3 Å². The number of rotatable bonds is 8. The Morgan fingerprint density at radius 1 is 0.952 bits per heavy atom. The van der Waals surface area contributed by atoms with Gasteiger partial charge in [0.05, 0.1) is 0 Å². The van der Waals surface area contributed by atoms with Crippen molar-refractivity contribution in [2.75, 3.05) is 19.5 Å². The highest BCUT2D eigenvalue weighted by Crippen LogP contribution is 2.38. The average Bonchev–Trinajstić information content (AvgIpc) is 2.56. The monoisotopic (exact) mass is 301 g/mol. The Balaban J connectivity index is 2.11. The lowest BCUT2D eigenvalue weighted by Gasteiger charge is -2.24. The van der Waals surface area contributed by atoms with Gasteiger partial charge >= 0.3 is 0 Å². The molecule has 2 aromatic carbocycles. The van der Waals surface area contributed by atoms with Gasteiger partial charge in [-0.1, -0.05) is 60.7 Å². The molecule has 0 aliphatic heterocycles. The molecule has 0 spiro atoms. The first-order chi connectivity index (χ1) is 10.3. The summed E-state index contributed by atoms with van der Waals surface area (Å²) in [7, 11) is 1.75. The predicted octanol–water partition coefficient (Wildman–Crippen LogP) is 4.20. The van der Waals surface area contributed by atoms with E-state index in [0.29, 0.717) is 0 Å². The second kappa shape index (κ2) is 8.88. The second-order valence-electron chi connectivity index (χ2n) is 4.98. The van der Waals surface area contributed by atoms with Crippen LogP contribution in [0.5, 0.6) is 0 Å². The van der Waals surface area contributed by atoms with E-state index in [1.807, 2.05) is 36.0 Å². The zero-order valence-electron chi connectivity index (χ0n) is 12.4. The molecule has 2 rings (SSSR count). The molecule has 3 heteroatoms. The van der Waals surface area contributed by atoms with E-state index >= 15 is 0 Å². The number of hydrogen-bond acceptors (Lipinski definition) is 3. The summed E-state index contributed by atoms with van der Waals surface area (Å²) in [5.74, 6) is 1.05. The number of hydrogen-bond donors (Lipinski definition) is 1. The van der Waals surface area contributed by atoms with Crippen LogP contribution in [0, 0.1) is 0 Å². The smallest absolute Gasteiger partial charge is 0.0490 e. The Hall–Kier alpha value is -1.29. The molecule has 2 unspecified atom stereocenters. The van der Waals surface area contributed by atoms with Crippen LogP contribution in [0.2, 0.25) is 0 Å². The molecule has 0 bridgehead atoms. The van der Waals surface area contributed by atoms with Crippen LogP contribution in [0.3, 0.4) is 0 Å². The van der Waals surface area contributed by atoms with Crippen LogP contribution < -0.4 is 5.73 Å². The fourth-order valence-corrected chi connectivity index (χ4v) is 3.57. The van der Waals surface area contributed by atoms with Gasteiger partial charge in [0.2, 0.25) is 0 Å². The summed E-state index contributed by atoms with van der Waals surface area (Å²) < 4.78 is 5.13. The molecule has 2 atom stereocenters. The summed E-state index contributed by atoms with van der Waals surface area (Å²) in [6.45, 7) is 0.801. The molecule has 0 fully saturated rings. The van der Waals surface area contributed by atoms with Gasteiger partial charge < -0.3 is 10.5 Å². The summed E-state index contributed by atoms with van der Waals surface area (Å²) in [5, 5.41) is 0.269. The van der Waals surface area contributed by atoms with Crippen LogP contribution >= 0.6 is 11.8 Å². The van der Waals surface area contributed by atoms with Crippen molar-refractivity contribution in [1.82, 2.24) is 0 Å². The van der Waals surface area contributed by atoms with E-state index in [2.05, 4.69) is 36.4 Å². The molecule has 0 saturated heterocycles. The van der Waals surface area contributed by atoms with Crippen molar-refractivity contribution in [3.8, 4) is 0 Å². The molecule has 112 valence electrons. The Morgan fingerprint density at radius 3 is 2.10 bits per heavy atom. The molecule has 21 heavy (non-hydrogen) atoms. The topological polar surface area (TPSA) is 35.2 Å². The molecule has 2 aromatic rings. The van der Waals surface area contributed by atoms with E-state index in [9.17, 15) is 0 Å². The maximum absolute atomic E-state index is 6.53. The SMILES string of the molecule is COCCCSC(c1ccccc1)C(N)c1ccccc1. The Morgan fingerprint density at radius 2 is 1.52 bits per heavy atom. The number of ether oxygens (including phenoxy) is 1. The highest BCUT2D eigenvalue weighted by molar-refractivity contribution is 7.99. The number of benzene rings is 2. The van der Waals surface area contributed by atoms with Crippen molar-refractivity contribution in [2.45, 2.75) is 17.7 Å². The van der Waals surface area contributed by atoms with Crippen LogP contribution in [-0.4, -0.2) is 19.5 Å². The fourth-order valence-electron chi connectivity index (χ4n) is 2.31. The van der Waals surface area contributed by atoms with Gasteiger partial charge in [0.15, 0.2) is 0 Å². The third kappa shape index (κ3) is 4.88. The first-order valence-corrected chi connectivity index (χ1v) is 8.34. The summed E-state index contributed by atoms with van der Waals surface area (Å²) in [5.41, 5.74) is 9.01. The van der Waals surface area contributed by atoms with E-state index in [1.54, 1.807) is 7.11 Å². The molecule has 0 radical (unpaired) electrons. The first kappa shape index (κ1) is 16.1. The van der Waals surface area contributed by atoms with Gasteiger partial charge in [-0.15, -0.1) is 0 Å². The molecule has 0 amide bonds. The minimum atomic E-state index is 0.00106. The van der Waals surface area contributed by atoms with Crippen molar-refractivity contribution < 1.29 is 4.74 Å². The lowest BCUT2D eigenvalue weighted by molar-refractivity contribution is 0.200. The normalized spacial score (nSPS) is 13.8. The summed E-state index contributed by atoms with van der Waals surface area (Å²) in [6, 6.07) is 20.9. The van der Waals surface area contributed by atoms with Crippen molar-refractivity contribution in [3.05, 3.63) is 71.8 Å². The Labute approximate surface area is 131 Å². The van der Waals surface area contributed by atoms with Crippen molar-refractivity contribution in [2.24, 2.45) is 5.73 Å². The average molecular weight is 301 g/mol. The maximum atomic E-state index is 6.53. The molecular formula is C18H23NOS. The van der Waals surface area contributed by atoms with Gasteiger partial charge in [-0.25, -0.2) is 0 Å². The Bertz CT molecular complexity index is 503. The van der Waals surface area contributed by atoms with E-state index in [1.165, 1.54) is 11.1 Å². The predicted molar refractivity (Wildman–Crippen MR) is 91.5 cm³/mol. The van der Waals surface area contributed by atoms with Crippen LogP contribution in [0.15, 0.2) is 60.7 Å². The molecule has 2 N–H and O–H groups in total. The standard InChI is InChI=1S/C18H23NOS/c1-20-13-8-14-21-18(16-11-6-3-7-12-16)17(19)15-9-4-2-5-10-15/h2-7,9-12,17-18H,8,13-14,19H2,1H3. The third-order valence-electron chi connectivity index (χ3n) is 3.43. The van der Waals surface area contributed by atoms with Gasteiger partial charge in [-0.3, -0.25) is 0 Å². The summed E-state index contributed by atoms with van der Waals surface area (Å²) >= 11 is 1.91. The minimum absolute atomic E-state index is 0.00106. The zero-order valence-corrected chi connectivity index (χ0v) is 13.3. The van der Waals surface area contributed by atoms with Crippen LogP contribution in [0.1, 0.15) is 28.8 Å². The lowest BCUT2D eigenvalue weighted by Crippen LogP contribution is -2.18. The number of nitrogens with two attached hydrogens (primary N) is 1. The van der Waals surface area contributed by atoms with Crippen molar-refractivity contribution >= 4 is 11.8 Å². The number of methoxy groups -OCH3 is 1. The van der Waals surface area contributed by atoms with E-state index in [-0.39, 0.29) is 11.3 Å². The van der Waals surface area contributed by atoms with E-state index in [4.69, 9.17) is 10.5 Å². The van der Waals surface area contributed by atoms with Crippen LogP contribution in [0.4, 0.5) is 0 Å².